The zero-order chi connectivity index (χ0) is 12.9. The molecule has 0 saturated heterocycles. The van der Waals surface area contributed by atoms with E-state index in [2.05, 4.69) is 25.4 Å². The average molecular weight is 305 g/mol. The maximum atomic E-state index is 11.5. The molecule has 0 heterocycles. The van der Waals surface area contributed by atoms with Crippen LogP contribution in [0.2, 0.25) is 0 Å². The molecule has 0 amide bonds. The van der Waals surface area contributed by atoms with Crippen LogP contribution in [-0.4, -0.2) is 30.5 Å². The van der Waals surface area contributed by atoms with Gasteiger partial charge < -0.3 is 9.47 Å². The van der Waals surface area contributed by atoms with Gasteiger partial charge in [0.1, 0.15) is 5.57 Å². The second-order valence-corrected chi connectivity index (χ2v) is 5.72. The first kappa shape index (κ1) is 14.2. The fourth-order valence-electron chi connectivity index (χ4n) is 1.96. The first-order valence-electron chi connectivity index (χ1n) is 5.61. The normalized spacial score (nSPS) is 18.1. The van der Waals surface area contributed by atoms with Crippen molar-refractivity contribution in [3.63, 3.8) is 0 Å². The summed E-state index contributed by atoms with van der Waals surface area (Å²) in [7, 11) is 2.50. The number of hydrogen-bond donors (Lipinski definition) is 0. The number of carbonyl (C=O) groups excluding carboxylic acids is 2. The molecule has 4 nitrogen and oxygen atoms in total. The van der Waals surface area contributed by atoms with Crippen LogP contribution >= 0.6 is 15.9 Å². The Kier molecular flexibility index (Phi) is 5.18. The quantitative estimate of drug-likeness (QED) is 0.264. The number of halogens is 1. The van der Waals surface area contributed by atoms with Crippen molar-refractivity contribution in [2.45, 2.75) is 36.4 Å². The molecule has 1 aliphatic carbocycles. The summed E-state index contributed by atoms with van der Waals surface area (Å²) < 4.78 is 8.90. The SMILES string of the molecule is COC(=O)C(=CC1(Br)CCCCC1)C(=O)OC. The summed E-state index contributed by atoms with van der Waals surface area (Å²) in [6.45, 7) is 0. The molecule has 0 N–H and O–H groups in total. The number of alkyl halides is 1. The predicted molar refractivity (Wildman–Crippen MR) is 66.9 cm³/mol. The topological polar surface area (TPSA) is 52.6 Å². The lowest BCUT2D eigenvalue weighted by atomic mass is 9.87. The summed E-state index contributed by atoms with van der Waals surface area (Å²) in [5.74, 6) is -1.30. The van der Waals surface area contributed by atoms with Gasteiger partial charge in [-0.15, -0.1) is 0 Å². The van der Waals surface area contributed by atoms with Crippen molar-refractivity contribution >= 4 is 27.9 Å². The van der Waals surface area contributed by atoms with Crippen LogP contribution in [0.5, 0.6) is 0 Å². The van der Waals surface area contributed by atoms with Crippen LogP contribution in [-0.2, 0) is 19.1 Å². The fraction of sp³-hybridized carbons (Fsp3) is 0.667. The highest BCUT2D eigenvalue weighted by Gasteiger charge is 2.31. The van der Waals surface area contributed by atoms with Gasteiger partial charge in [-0.1, -0.05) is 35.2 Å². The molecule has 0 spiro atoms. The van der Waals surface area contributed by atoms with Gasteiger partial charge in [0.2, 0.25) is 0 Å². The molecule has 1 fully saturated rings. The lowest BCUT2D eigenvalue weighted by molar-refractivity contribution is -0.144. The first-order valence-corrected chi connectivity index (χ1v) is 6.40. The van der Waals surface area contributed by atoms with Crippen molar-refractivity contribution < 1.29 is 19.1 Å². The zero-order valence-corrected chi connectivity index (χ0v) is 11.7. The van der Waals surface area contributed by atoms with E-state index in [4.69, 9.17) is 0 Å². The largest absolute Gasteiger partial charge is 0.465 e. The van der Waals surface area contributed by atoms with Gasteiger partial charge in [0.25, 0.3) is 0 Å². The van der Waals surface area contributed by atoms with Gasteiger partial charge in [0.05, 0.1) is 14.2 Å². The lowest BCUT2D eigenvalue weighted by Gasteiger charge is -2.28. The van der Waals surface area contributed by atoms with E-state index in [1.54, 1.807) is 6.08 Å². The average Bonchev–Trinajstić information content (AvgIpc) is 2.35. The minimum absolute atomic E-state index is 0.0335. The second-order valence-electron chi connectivity index (χ2n) is 4.14. The van der Waals surface area contributed by atoms with Crippen molar-refractivity contribution in [3.05, 3.63) is 11.6 Å². The molecule has 0 aromatic carbocycles. The van der Waals surface area contributed by atoms with Gasteiger partial charge in [-0.05, 0) is 18.9 Å². The molecule has 5 heteroatoms. The highest BCUT2D eigenvalue weighted by Crippen LogP contribution is 2.38. The number of ether oxygens (including phenoxy) is 2. The smallest absolute Gasteiger partial charge is 0.345 e. The number of hydrogen-bond acceptors (Lipinski definition) is 4. The van der Waals surface area contributed by atoms with E-state index in [9.17, 15) is 9.59 Å². The minimum atomic E-state index is -0.652. The van der Waals surface area contributed by atoms with Gasteiger partial charge >= 0.3 is 11.9 Å². The van der Waals surface area contributed by atoms with E-state index >= 15 is 0 Å². The maximum Gasteiger partial charge on any atom is 0.345 e. The van der Waals surface area contributed by atoms with E-state index in [1.165, 1.54) is 20.6 Å². The molecule has 0 aliphatic heterocycles. The summed E-state index contributed by atoms with van der Waals surface area (Å²) in [5.41, 5.74) is -0.0335. The van der Waals surface area contributed by atoms with E-state index in [-0.39, 0.29) is 9.90 Å². The van der Waals surface area contributed by atoms with Crippen LogP contribution in [0.3, 0.4) is 0 Å². The standard InChI is InChI=1S/C12H17BrO4/c1-16-10(14)9(11(15)17-2)8-12(13)6-4-3-5-7-12/h8H,3-7H2,1-2H3. The van der Waals surface area contributed by atoms with Gasteiger partial charge in [-0.3, -0.25) is 0 Å². The fourth-order valence-corrected chi connectivity index (χ4v) is 2.75. The van der Waals surface area contributed by atoms with Crippen LogP contribution in [0.25, 0.3) is 0 Å². The minimum Gasteiger partial charge on any atom is -0.465 e. The Morgan fingerprint density at radius 2 is 1.53 bits per heavy atom. The highest BCUT2D eigenvalue weighted by molar-refractivity contribution is 9.10. The summed E-state index contributed by atoms with van der Waals surface area (Å²) in [5, 5.41) is 0. The summed E-state index contributed by atoms with van der Waals surface area (Å²) in [4.78, 5) is 23.0. The lowest BCUT2D eigenvalue weighted by Crippen LogP contribution is -2.26. The Morgan fingerprint density at radius 3 is 1.94 bits per heavy atom. The van der Waals surface area contributed by atoms with Crippen molar-refractivity contribution in [3.8, 4) is 0 Å². The molecule has 1 saturated carbocycles. The molecule has 0 aromatic rings. The second kappa shape index (κ2) is 6.19. The molecular weight excluding hydrogens is 288 g/mol. The number of allylic oxidation sites excluding steroid dienone is 1. The maximum absolute atomic E-state index is 11.5. The number of methoxy groups -OCH3 is 2. The third kappa shape index (κ3) is 3.84. The van der Waals surface area contributed by atoms with Crippen molar-refractivity contribution in [2.24, 2.45) is 0 Å². The van der Waals surface area contributed by atoms with Crippen molar-refractivity contribution in [2.75, 3.05) is 14.2 Å². The Morgan fingerprint density at radius 1 is 1.06 bits per heavy atom. The summed E-state index contributed by atoms with van der Waals surface area (Å²) in [6.07, 6.45) is 6.81. The van der Waals surface area contributed by atoms with Crippen molar-refractivity contribution in [1.82, 2.24) is 0 Å². The third-order valence-electron chi connectivity index (χ3n) is 2.90. The molecular formula is C12H17BrO4. The van der Waals surface area contributed by atoms with E-state index in [0.717, 1.165) is 25.7 Å². The Hall–Kier alpha value is -0.840. The molecule has 0 unspecified atom stereocenters. The number of carbonyl (C=O) groups is 2. The van der Waals surface area contributed by atoms with Crippen LogP contribution < -0.4 is 0 Å². The van der Waals surface area contributed by atoms with E-state index in [0.29, 0.717) is 0 Å². The molecule has 96 valence electrons. The number of rotatable bonds is 3. The van der Waals surface area contributed by atoms with Crippen LogP contribution in [0.1, 0.15) is 32.1 Å². The molecule has 0 radical (unpaired) electrons. The van der Waals surface area contributed by atoms with Gasteiger partial charge in [-0.2, -0.15) is 0 Å². The number of esters is 2. The monoisotopic (exact) mass is 304 g/mol. The van der Waals surface area contributed by atoms with Gasteiger partial charge in [-0.25, -0.2) is 9.59 Å². The van der Waals surface area contributed by atoms with Crippen LogP contribution in [0, 0.1) is 0 Å². The predicted octanol–water partition coefficient (Wildman–Crippen LogP) is 2.36. The van der Waals surface area contributed by atoms with E-state index < -0.39 is 11.9 Å². The molecule has 0 bridgehead atoms. The van der Waals surface area contributed by atoms with Crippen LogP contribution in [0.4, 0.5) is 0 Å². The molecule has 1 rings (SSSR count). The molecule has 0 aromatic heterocycles. The van der Waals surface area contributed by atoms with Crippen molar-refractivity contribution in [1.29, 1.82) is 0 Å². The highest BCUT2D eigenvalue weighted by atomic mass is 79.9. The summed E-state index contributed by atoms with van der Waals surface area (Å²) >= 11 is 3.60. The Bertz CT molecular complexity index is 311. The molecule has 17 heavy (non-hydrogen) atoms. The molecule has 1 aliphatic rings. The molecule has 0 atom stereocenters. The van der Waals surface area contributed by atoms with Crippen LogP contribution in [0.15, 0.2) is 11.6 Å². The van der Waals surface area contributed by atoms with Gasteiger partial charge in [0, 0.05) is 4.32 Å². The van der Waals surface area contributed by atoms with Gasteiger partial charge in [0.15, 0.2) is 0 Å². The summed E-state index contributed by atoms with van der Waals surface area (Å²) in [6, 6.07) is 0. The first-order chi connectivity index (χ1) is 8.02. The Labute approximate surface area is 109 Å². The third-order valence-corrected chi connectivity index (χ3v) is 3.92. The Balaban J connectivity index is 2.95. The zero-order valence-electron chi connectivity index (χ0n) is 10.1. The van der Waals surface area contributed by atoms with E-state index in [1.807, 2.05) is 0 Å².